The predicted molar refractivity (Wildman–Crippen MR) is 90.4 cm³/mol. The van der Waals surface area contributed by atoms with Gasteiger partial charge in [0.15, 0.2) is 11.6 Å². The molecule has 1 heterocycles. The van der Waals surface area contributed by atoms with Gasteiger partial charge in [-0.15, -0.1) is 0 Å². The minimum atomic E-state index is -0.667. The highest BCUT2D eigenvalue weighted by Gasteiger charge is 2.32. The number of hydrogen-bond donors (Lipinski definition) is 1. The molecule has 0 saturated carbocycles. The molecule has 1 N–H and O–H groups in total. The molecule has 6 heteroatoms. The second-order valence-electron chi connectivity index (χ2n) is 5.97. The van der Waals surface area contributed by atoms with Gasteiger partial charge in [0.05, 0.1) is 13.7 Å². The van der Waals surface area contributed by atoms with Gasteiger partial charge in [-0.1, -0.05) is 36.4 Å². The van der Waals surface area contributed by atoms with Crippen molar-refractivity contribution < 1.29 is 18.7 Å². The van der Waals surface area contributed by atoms with Crippen LogP contribution in [0.2, 0.25) is 0 Å². The van der Waals surface area contributed by atoms with E-state index in [1.54, 1.807) is 17.0 Å². The smallest absolute Gasteiger partial charge is 0.246 e. The standard InChI is InChI=1S/C19H19FN2O3/c1-25-17-10-14(7-8-15(17)20)9-16-19(24)22(12-18(23)21-16)11-13-5-3-2-4-6-13/h2-8,10,16H,9,11-12H2,1H3,(H,21,23)/t16-/m1/s1. The molecule has 25 heavy (non-hydrogen) atoms. The molecule has 2 aromatic carbocycles. The van der Waals surface area contributed by atoms with Crippen LogP contribution in [-0.4, -0.2) is 36.4 Å². The number of methoxy groups -OCH3 is 1. The third-order valence-corrected chi connectivity index (χ3v) is 4.15. The highest BCUT2D eigenvalue weighted by molar-refractivity contribution is 5.95. The number of piperazine rings is 1. The molecule has 3 rings (SSSR count). The zero-order valence-electron chi connectivity index (χ0n) is 13.9. The fourth-order valence-corrected chi connectivity index (χ4v) is 2.92. The molecule has 2 aromatic rings. The molecule has 0 aliphatic carbocycles. The molecule has 1 fully saturated rings. The van der Waals surface area contributed by atoms with Gasteiger partial charge >= 0.3 is 0 Å². The van der Waals surface area contributed by atoms with E-state index in [1.165, 1.54) is 13.2 Å². The number of hydrogen-bond acceptors (Lipinski definition) is 3. The summed E-state index contributed by atoms with van der Waals surface area (Å²) in [5.74, 6) is -0.689. The summed E-state index contributed by atoms with van der Waals surface area (Å²) < 4.78 is 18.5. The molecule has 0 bridgehead atoms. The number of nitrogens with one attached hydrogen (secondary N) is 1. The van der Waals surface area contributed by atoms with Gasteiger partial charge in [-0.3, -0.25) is 9.59 Å². The van der Waals surface area contributed by atoms with Crippen molar-refractivity contribution in [3.05, 3.63) is 65.5 Å². The van der Waals surface area contributed by atoms with Gasteiger partial charge in [-0.25, -0.2) is 4.39 Å². The van der Waals surface area contributed by atoms with E-state index >= 15 is 0 Å². The van der Waals surface area contributed by atoms with E-state index in [-0.39, 0.29) is 30.5 Å². The highest BCUT2D eigenvalue weighted by Crippen LogP contribution is 2.20. The second kappa shape index (κ2) is 7.34. The van der Waals surface area contributed by atoms with Crippen LogP contribution in [0.5, 0.6) is 5.75 Å². The van der Waals surface area contributed by atoms with Crippen LogP contribution < -0.4 is 10.1 Å². The van der Waals surface area contributed by atoms with Crippen molar-refractivity contribution >= 4 is 11.8 Å². The number of nitrogens with zero attached hydrogens (tertiary/aromatic N) is 1. The summed E-state index contributed by atoms with van der Waals surface area (Å²) in [6.45, 7) is 0.424. The van der Waals surface area contributed by atoms with E-state index in [0.717, 1.165) is 11.1 Å². The first-order valence-electron chi connectivity index (χ1n) is 8.01. The number of ether oxygens (including phenoxy) is 1. The van der Waals surface area contributed by atoms with Crippen LogP contribution in [0.1, 0.15) is 11.1 Å². The molecule has 2 amide bonds. The Balaban J connectivity index is 1.74. The van der Waals surface area contributed by atoms with Gasteiger partial charge in [-0.2, -0.15) is 0 Å². The van der Waals surface area contributed by atoms with Crippen molar-refractivity contribution in [3.8, 4) is 5.75 Å². The largest absolute Gasteiger partial charge is 0.494 e. The fraction of sp³-hybridized carbons (Fsp3) is 0.263. The van der Waals surface area contributed by atoms with E-state index in [1.807, 2.05) is 30.3 Å². The molecular formula is C19H19FN2O3. The summed E-state index contributed by atoms with van der Waals surface area (Å²) in [5.41, 5.74) is 1.69. The maximum Gasteiger partial charge on any atom is 0.246 e. The normalized spacial score (nSPS) is 17.4. The van der Waals surface area contributed by atoms with E-state index in [0.29, 0.717) is 6.54 Å². The zero-order valence-corrected chi connectivity index (χ0v) is 13.9. The Kier molecular flexibility index (Phi) is 4.97. The van der Waals surface area contributed by atoms with Crippen molar-refractivity contribution in [1.82, 2.24) is 10.2 Å². The van der Waals surface area contributed by atoms with Crippen LogP contribution >= 0.6 is 0 Å². The summed E-state index contributed by atoms with van der Waals surface area (Å²) in [6, 6.07) is 13.3. The average Bonchev–Trinajstić information content (AvgIpc) is 2.61. The molecule has 1 atom stereocenters. The first kappa shape index (κ1) is 17.0. The van der Waals surface area contributed by atoms with Crippen LogP contribution in [0.15, 0.2) is 48.5 Å². The molecule has 5 nitrogen and oxygen atoms in total. The molecule has 130 valence electrons. The Morgan fingerprint density at radius 1 is 1.16 bits per heavy atom. The first-order chi connectivity index (χ1) is 12.1. The van der Waals surface area contributed by atoms with Gasteiger partial charge in [0, 0.05) is 13.0 Å². The molecule has 0 radical (unpaired) electrons. The third kappa shape index (κ3) is 3.96. The van der Waals surface area contributed by atoms with Gasteiger partial charge < -0.3 is 15.0 Å². The topological polar surface area (TPSA) is 58.6 Å². The van der Waals surface area contributed by atoms with E-state index in [2.05, 4.69) is 5.32 Å². The lowest BCUT2D eigenvalue weighted by Gasteiger charge is -2.32. The van der Waals surface area contributed by atoms with Crippen LogP contribution in [0.3, 0.4) is 0 Å². The Bertz CT molecular complexity index is 779. The number of amides is 2. The summed E-state index contributed by atoms with van der Waals surface area (Å²) in [6.07, 6.45) is 0.284. The van der Waals surface area contributed by atoms with Gasteiger partial charge in [0.1, 0.15) is 6.04 Å². The van der Waals surface area contributed by atoms with Crippen molar-refractivity contribution in [1.29, 1.82) is 0 Å². The predicted octanol–water partition coefficient (Wildman–Crippen LogP) is 1.90. The van der Waals surface area contributed by atoms with Crippen molar-refractivity contribution in [2.45, 2.75) is 19.0 Å². The summed E-state index contributed by atoms with van der Waals surface area (Å²) >= 11 is 0. The van der Waals surface area contributed by atoms with Gasteiger partial charge in [-0.05, 0) is 23.3 Å². The molecule has 1 saturated heterocycles. The Hall–Kier alpha value is -2.89. The minimum Gasteiger partial charge on any atom is -0.494 e. The van der Waals surface area contributed by atoms with E-state index in [9.17, 15) is 14.0 Å². The number of benzene rings is 2. The molecular weight excluding hydrogens is 323 g/mol. The maximum atomic E-state index is 13.5. The highest BCUT2D eigenvalue weighted by atomic mass is 19.1. The minimum absolute atomic E-state index is 0.0387. The number of carbonyl (C=O) groups excluding carboxylic acids is 2. The summed E-state index contributed by atoms with van der Waals surface area (Å²) in [4.78, 5) is 26.2. The molecule has 1 aliphatic rings. The zero-order chi connectivity index (χ0) is 17.8. The number of carbonyl (C=O) groups is 2. The molecule has 0 aromatic heterocycles. The first-order valence-corrected chi connectivity index (χ1v) is 8.01. The van der Waals surface area contributed by atoms with Crippen molar-refractivity contribution in [2.24, 2.45) is 0 Å². The van der Waals surface area contributed by atoms with Gasteiger partial charge in [0.2, 0.25) is 11.8 Å². The van der Waals surface area contributed by atoms with Crippen LogP contribution in [0, 0.1) is 5.82 Å². The number of halogens is 1. The Labute approximate surface area is 145 Å². The van der Waals surface area contributed by atoms with Gasteiger partial charge in [0.25, 0.3) is 0 Å². The summed E-state index contributed by atoms with van der Waals surface area (Å²) in [7, 11) is 1.39. The van der Waals surface area contributed by atoms with Crippen molar-refractivity contribution in [3.63, 3.8) is 0 Å². The SMILES string of the molecule is COc1cc(C[C@H]2NC(=O)CN(Cc3ccccc3)C2=O)ccc1F. The lowest BCUT2D eigenvalue weighted by atomic mass is 10.0. The Morgan fingerprint density at radius 2 is 1.92 bits per heavy atom. The molecule has 0 unspecified atom stereocenters. The fourth-order valence-electron chi connectivity index (χ4n) is 2.92. The van der Waals surface area contributed by atoms with E-state index < -0.39 is 11.9 Å². The van der Waals surface area contributed by atoms with Crippen molar-refractivity contribution in [2.75, 3.05) is 13.7 Å². The maximum absolute atomic E-state index is 13.5. The lowest BCUT2D eigenvalue weighted by molar-refractivity contribution is -0.144. The van der Waals surface area contributed by atoms with Crippen LogP contribution in [0.4, 0.5) is 4.39 Å². The second-order valence-corrected chi connectivity index (χ2v) is 5.97. The van der Waals surface area contributed by atoms with Crippen LogP contribution in [-0.2, 0) is 22.6 Å². The number of rotatable bonds is 5. The quantitative estimate of drug-likeness (QED) is 0.903. The molecule has 0 spiro atoms. The third-order valence-electron chi connectivity index (χ3n) is 4.15. The monoisotopic (exact) mass is 342 g/mol. The van der Waals surface area contributed by atoms with E-state index in [4.69, 9.17) is 4.74 Å². The van der Waals surface area contributed by atoms with Crippen LogP contribution in [0.25, 0.3) is 0 Å². The average molecular weight is 342 g/mol. The Morgan fingerprint density at radius 3 is 2.64 bits per heavy atom. The summed E-state index contributed by atoms with van der Waals surface area (Å²) in [5, 5.41) is 2.72. The molecule has 1 aliphatic heterocycles. The lowest BCUT2D eigenvalue weighted by Crippen LogP contribution is -2.58.